The minimum atomic E-state index is 0.104. The van der Waals surface area contributed by atoms with E-state index in [1.54, 1.807) is 6.92 Å². The fourth-order valence-electron chi connectivity index (χ4n) is 0.752. The van der Waals surface area contributed by atoms with Gasteiger partial charge in [-0.15, -0.1) is 0 Å². The lowest BCUT2D eigenvalue weighted by atomic mass is 10.1. The quantitative estimate of drug-likeness (QED) is 0.493. The van der Waals surface area contributed by atoms with Gasteiger partial charge in [-0.25, -0.2) is 0 Å². The molecule has 0 aliphatic carbocycles. The molecule has 0 radical (unpaired) electrons. The van der Waals surface area contributed by atoms with Crippen LogP contribution in [-0.4, -0.2) is 12.8 Å². The second kappa shape index (κ2) is 4.72. The highest BCUT2D eigenvalue weighted by molar-refractivity contribution is 5.93. The molecule has 0 aromatic heterocycles. The first-order valence-electron chi connectivity index (χ1n) is 3.65. The van der Waals surface area contributed by atoms with Gasteiger partial charge < -0.3 is 5.32 Å². The molecule has 0 bridgehead atoms. The van der Waals surface area contributed by atoms with Crippen molar-refractivity contribution in [1.82, 2.24) is 5.32 Å². The number of hydrogen-bond donors (Lipinski definition) is 1. The Morgan fingerprint density at radius 1 is 1.36 bits per heavy atom. The fourth-order valence-corrected chi connectivity index (χ4v) is 0.752. The summed E-state index contributed by atoms with van der Waals surface area (Å²) < 4.78 is 0. The lowest BCUT2D eigenvalue weighted by Gasteiger charge is -2.03. The van der Waals surface area contributed by atoms with E-state index < -0.39 is 0 Å². The molecule has 62 valence electrons. The standard InChI is InChI=1S/C9H15NO/c1-5-6-9(10-4)7(2)8(3)11/h5-6,10H,1-4H3/b6-5-,9-7+. The molecule has 0 atom stereocenters. The number of hydrogen-bond acceptors (Lipinski definition) is 2. The molecule has 0 heterocycles. The summed E-state index contributed by atoms with van der Waals surface area (Å²) in [5.41, 5.74) is 1.66. The molecular weight excluding hydrogens is 138 g/mol. The molecule has 0 saturated heterocycles. The Bertz CT molecular complexity index is 202. The molecule has 0 saturated carbocycles. The van der Waals surface area contributed by atoms with E-state index in [0.29, 0.717) is 0 Å². The topological polar surface area (TPSA) is 29.1 Å². The third-order valence-corrected chi connectivity index (χ3v) is 1.53. The lowest BCUT2D eigenvalue weighted by Crippen LogP contribution is -2.09. The van der Waals surface area contributed by atoms with E-state index in [2.05, 4.69) is 5.32 Å². The maximum atomic E-state index is 10.9. The highest BCUT2D eigenvalue weighted by atomic mass is 16.1. The summed E-state index contributed by atoms with van der Waals surface area (Å²) in [6.45, 7) is 5.30. The van der Waals surface area contributed by atoms with E-state index in [9.17, 15) is 4.79 Å². The summed E-state index contributed by atoms with van der Waals surface area (Å²) in [7, 11) is 1.81. The summed E-state index contributed by atoms with van der Waals surface area (Å²) in [6.07, 6.45) is 3.79. The number of rotatable bonds is 3. The largest absolute Gasteiger partial charge is 0.388 e. The van der Waals surface area contributed by atoms with Crippen LogP contribution in [0.15, 0.2) is 23.4 Å². The Hall–Kier alpha value is -1.05. The number of ketones is 1. The van der Waals surface area contributed by atoms with Gasteiger partial charge in [0.1, 0.15) is 0 Å². The van der Waals surface area contributed by atoms with Crippen molar-refractivity contribution in [2.24, 2.45) is 0 Å². The highest BCUT2D eigenvalue weighted by Gasteiger charge is 2.00. The van der Waals surface area contributed by atoms with Gasteiger partial charge in [0.15, 0.2) is 5.78 Å². The minimum absolute atomic E-state index is 0.104. The number of likely N-dealkylation sites (N-methyl/N-ethyl adjacent to an activating group) is 1. The summed E-state index contributed by atoms with van der Waals surface area (Å²) >= 11 is 0. The first kappa shape index (κ1) is 9.95. The number of carbonyl (C=O) groups excluding carboxylic acids is 1. The highest BCUT2D eigenvalue weighted by Crippen LogP contribution is 2.02. The van der Waals surface area contributed by atoms with Crippen molar-refractivity contribution < 1.29 is 4.79 Å². The molecular formula is C9H15NO. The molecule has 0 aliphatic heterocycles. The summed E-state index contributed by atoms with van der Waals surface area (Å²) in [5, 5.41) is 2.96. The predicted molar refractivity (Wildman–Crippen MR) is 47.3 cm³/mol. The Labute approximate surface area is 68.0 Å². The summed E-state index contributed by atoms with van der Waals surface area (Å²) in [4.78, 5) is 10.9. The van der Waals surface area contributed by atoms with Crippen molar-refractivity contribution >= 4 is 5.78 Å². The first-order valence-corrected chi connectivity index (χ1v) is 3.65. The second-order valence-corrected chi connectivity index (χ2v) is 2.34. The van der Waals surface area contributed by atoms with Gasteiger partial charge in [0.2, 0.25) is 0 Å². The van der Waals surface area contributed by atoms with Gasteiger partial charge in [-0.2, -0.15) is 0 Å². The molecule has 2 heteroatoms. The second-order valence-electron chi connectivity index (χ2n) is 2.34. The van der Waals surface area contributed by atoms with Crippen LogP contribution in [0.2, 0.25) is 0 Å². The van der Waals surface area contributed by atoms with Crippen molar-refractivity contribution in [3.05, 3.63) is 23.4 Å². The van der Waals surface area contributed by atoms with Crippen molar-refractivity contribution in [1.29, 1.82) is 0 Å². The van der Waals surface area contributed by atoms with Gasteiger partial charge in [-0.1, -0.05) is 6.08 Å². The van der Waals surface area contributed by atoms with Gasteiger partial charge in [0.25, 0.3) is 0 Å². The molecule has 0 fully saturated rings. The Morgan fingerprint density at radius 2 is 1.91 bits per heavy atom. The van der Waals surface area contributed by atoms with Crippen LogP contribution in [0.1, 0.15) is 20.8 Å². The van der Waals surface area contributed by atoms with Crippen molar-refractivity contribution in [2.75, 3.05) is 7.05 Å². The number of nitrogens with one attached hydrogen (secondary N) is 1. The van der Waals surface area contributed by atoms with Crippen molar-refractivity contribution in [3.8, 4) is 0 Å². The average Bonchev–Trinajstić information content (AvgIpc) is 1.98. The lowest BCUT2D eigenvalue weighted by molar-refractivity contribution is -0.113. The van der Waals surface area contributed by atoms with Gasteiger partial charge in [-0.3, -0.25) is 4.79 Å². The van der Waals surface area contributed by atoms with E-state index in [4.69, 9.17) is 0 Å². The van der Waals surface area contributed by atoms with Crippen LogP contribution in [-0.2, 0) is 4.79 Å². The Kier molecular flexibility index (Phi) is 4.27. The molecule has 0 aromatic rings. The average molecular weight is 153 g/mol. The van der Waals surface area contributed by atoms with E-state index in [1.165, 1.54) is 0 Å². The van der Waals surface area contributed by atoms with Gasteiger partial charge in [0, 0.05) is 18.3 Å². The monoisotopic (exact) mass is 153 g/mol. The fraction of sp³-hybridized carbons (Fsp3) is 0.444. The third kappa shape index (κ3) is 3.03. The zero-order valence-electron chi connectivity index (χ0n) is 7.56. The molecule has 0 amide bonds. The van der Waals surface area contributed by atoms with Crippen LogP contribution in [0.4, 0.5) is 0 Å². The van der Waals surface area contributed by atoms with Gasteiger partial charge in [0.05, 0.1) is 0 Å². The van der Waals surface area contributed by atoms with Crippen LogP contribution in [0.5, 0.6) is 0 Å². The minimum Gasteiger partial charge on any atom is -0.388 e. The van der Waals surface area contributed by atoms with Gasteiger partial charge in [-0.05, 0) is 26.8 Å². The SMILES string of the molecule is C/C=C\C(NC)=C(\C)C(C)=O. The normalized spacial score (nSPS) is 13.1. The Balaban J connectivity index is 4.67. The number of allylic oxidation sites excluding steroid dienone is 3. The maximum Gasteiger partial charge on any atom is 0.157 e. The molecule has 0 unspecified atom stereocenters. The van der Waals surface area contributed by atoms with E-state index in [1.807, 2.05) is 33.0 Å². The number of Topliss-reactive ketones (excluding diaryl/α,β-unsaturated/α-hetero) is 1. The van der Waals surface area contributed by atoms with Crippen LogP contribution in [0.3, 0.4) is 0 Å². The van der Waals surface area contributed by atoms with E-state index in [0.717, 1.165) is 11.3 Å². The van der Waals surface area contributed by atoms with E-state index >= 15 is 0 Å². The zero-order chi connectivity index (χ0) is 8.85. The summed E-state index contributed by atoms with van der Waals surface area (Å²) in [6, 6.07) is 0. The van der Waals surface area contributed by atoms with E-state index in [-0.39, 0.29) is 5.78 Å². The van der Waals surface area contributed by atoms with Crippen LogP contribution >= 0.6 is 0 Å². The third-order valence-electron chi connectivity index (χ3n) is 1.53. The van der Waals surface area contributed by atoms with Crippen LogP contribution < -0.4 is 5.32 Å². The molecule has 2 nitrogen and oxygen atoms in total. The zero-order valence-corrected chi connectivity index (χ0v) is 7.56. The van der Waals surface area contributed by atoms with Crippen molar-refractivity contribution in [2.45, 2.75) is 20.8 Å². The molecule has 1 N–H and O–H groups in total. The molecule has 0 rings (SSSR count). The van der Waals surface area contributed by atoms with Crippen molar-refractivity contribution in [3.63, 3.8) is 0 Å². The molecule has 0 aromatic carbocycles. The molecule has 0 spiro atoms. The van der Waals surface area contributed by atoms with Gasteiger partial charge >= 0.3 is 0 Å². The number of carbonyl (C=O) groups is 1. The molecule has 0 aliphatic rings. The Morgan fingerprint density at radius 3 is 2.18 bits per heavy atom. The maximum absolute atomic E-state index is 10.9. The summed E-state index contributed by atoms with van der Waals surface area (Å²) in [5.74, 6) is 0.104. The smallest absolute Gasteiger partial charge is 0.157 e. The first-order chi connectivity index (χ1) is 5.13. The van der Waals surface area contributed by atoms with Crippen LogP contribution in [0, 0.1) is 0 Å². The van der Waals surface area contributed by atoms with Crippen LogP contribution in [0.25, 0.3) is 0 Å². The molecule has 11 heavy (non-hydrogen) atoms. The predicted octanol–water partition coefficient (Wildman–Crippen LogP) is 1.64.